The van der Waals surface area contributed by atoms with Crippen molar-refractivity contribution in [1.29, 1.82) is 0 Å². The van der Waals surface area contributed by atoms with Crippen LogP contribution in [0, 0.1) is 3.57 Å². The van der Waals surface area contributed by atoms with Crippen molar-refractivity contribution < 1.29 is 0 Å². The Hall–Kier alpha value is 0.720. The lowest BCUT2D eigenvalue weighted by molar-refractivity contribution is 0.939. The van der Waals surface area contributed by atoms with Gasteiger partial charge in [0.15, 0.2) is 0 Å². The largest absolute Gasteiger partial charge is 0.0928 e. The summed E-state index contributed by atoms with van der Waals surface area (Å²) in [6, 6.07) is 6.17. The summed E-state index contributed by atoms with van der Waals surface area (Å²) >= 11 is 11.8. The molecule has 66 valence electrons. The summed E-state index contributed by atoms with van der Waals surface area (Å²) < 4.78 is 1.14. The molecule has 0 saturated heterocycles. The van der Waals surface area contributed by atoms with Gasteiger partial charge in [0, 0.05) is 8.90 Å². The van der Waals surface area contributed by atoms with E-state index in [1.165, 1.54) is 5.56 Å². The van der Waals surface area contributed by atoms with Gasteiger partial charge in [0.25, 0.3) is 0 Å². The molecule has 1 aromatic rings. The molecule has 0 N–H and O–H groups in total. The summed E-state index contributed by atoms with van der Waals surface area (Å²) in [5.41, 5.74) is 1.25. The molecule has 0 amide bonds. The van der Waals surface area contributed by atoms with Gasteiger partial charge < -0.3 is 0 Å². The maximum absolute atomic E-state index is 6.11. The molecule has 0 aromatic heterocycles. The summed E-state index contributed by atoms with van der Waals surface area (Å²) in [6.07, 6.45) is 2.20. The van der Waals surface area contributed by atoms with Crippen molar-refractivity contribution in [3.63, 3.8) is 0 Å². The molecule has 0 unspecified atom stereocenters. The first-order valence-electron chi connectivity index (χ1n) is 3.74. The van der Waals surface area contributed by atoms with Gasteiger partial charge in [-0.05, 0) is 47.1 Å². The first-order valence-corrected chi connectivity index (χ1v) is 6.32. The summed E-state index contributed by atoms with van der Waals surface area (Å²) in [7, 11) is 0. The highest BCUT2D eigenvalue weighted by molar-refractivity contribution is 14.1. The van der Waals surface area contributed by atoms with E-state index >= 15 is 0 Å². The third-order valence-corrected chi connectivity index (χ3v) is 3.84. The average Bonchev–Trinajstić information content (AvgIpc) is 2.08. The van der Waals surface area contributed by atoms with Crippen LogP contribution in [0.2, 0.25) is 5.02 Å². The monoisotopic (exact) mass is 358 g/mol. The number of alkyl halides is 1. The lowest BCUT2D eigenvalue weighted by atomic mass is 10.1. The Bertz CT molecular complexity index is 263. The van der Waals surface area contributed by atoms with Gasteiger partial charge in [0.1, 0.15) is 0 Å². The minimum absolute atomic E-state index is 0.916. The minimum atomic E-state index is 0.916. The SMILES string of the molecule is Clc1c(I)cccc1CCCBr. The minimum Gasteiger partial charge on any atom is -0.0928 e. The van der Waals surface area contributed by atoms with Crippen molar-refractivity contribution in [2.24, 2.45) is 0 Å². The van der Waals surface area contributed by atoms with E-state index < -0.39 is 0 Å². The molecule has 0 nitrogen and oxygen atoms in total. The standard InChI is InChI=1S/C9H9BrClI/c10-6-2-4-7-3-1-5-8(12)9(7)11/h1,3,5H,2,4,6H2. The zero-order valence-electron chi connectivity index (χ0n) is 6.49. The van der Waals surface area contributed by atoms with Crippen LogP contribution in [0.4, 0.5) is 0 Å². The molecule has 0 aliphatic carbocycles. The van der Waals surface area contributed by atoms with Crippen LogP contribution < -0.4 is 0 Å². The third kappa shape index (κ3) is 2.89. The van der Waals surface area contributed by atoms with Crippen LogP contribution in [-0.4, -0.2) is 5.33 Å². The predicted octanol–water partition coefficient (Wildman–Crippen LogP) is 4.27. The Kier molecular flexibility index (Phi) is 4.90. The summed E-state index contributed by atoms with van der Waals surface area (Å²) in [6.45, 7) is 0. The smallest absolute Gasteiger partial charge is 0.0571 e. The van der Waals surface area contributed by atoms with Crippen LogP contribution >= 0.6 is 50.1 Å². The van der Waals surface area contributed by atoms with Crippen molar-refractivity contribution in [3.05, 3.63) is 32.4 Å². The molecule has 0 saturated carbocycles. The molecule has 0 spiro atoms. The lowest BCUT2D eigenvalue weighted by Gasteiger charge is -2.03. The van der Waals surface area contributed by atoms with Crippen LogP contribution in [0.25, 0.3) is 0 Å². The predicted molar refractivity (Wildman–Crippen MR) is 66.3 cm³/mol. The second kappa shape index (κ2) is 5.45. The van der Waals surface area contributed by atoms with Gasteiger partial charge in [-0.3, -0.25) is 0 Å². The fourth-order valence-electron chi connectivity index (χ4n) is 0.999. The van der Waals surface area contributed by atoms with Crippen molar-refractivity contribution in [2.75, 3.05) is 5.33 Å². The Morgan fingerprint density at radius 3 is 2.83 bits per heavy atom. The number of aryl methyl sites for hydroxylation is 1. The number of hydrogen-bond acceptors (Lipinski definition) is 0. The molecule has 0 bridgehead atoms. The third-order valence-electron chi connectivity index (χ3n) is 1.61. The van der Waals surface area contributed by atoms with Crippen LogP contribution in [0.15, 0.2) is 18.2 Å². The molecule has 0 fully saturated rings. The average molecular weight is 359 g/mol. The molecule has 0 heterocycles. The highest BCUT2D eigenvalue weighted by atomic mass is 127. The van der Waals surface area contributed by atoms with E-state index in [2.05, 4.69) is 50.7 Å². The molecule has 1 rings (SSSR count). The van der Waals surface area contributed by atoms with Crippen LogP contribution in [0.5, 0.6) is 0 Å². The maximum atomic E-state index is 6.11. The Morgan fingerprint density at radius 1 is 1.42 bits per heavy atom. The highest BCUT2D eigenvalue weighted by Crippen LogP contribution is 2.23. The Morgan fingerprint density at radius 2 is 2.17 bits per heavy atom. The van der Waals surface area contributed by atoms with E-state index in [-0.39, 0.29) is 0 Å². The van der Waals surface area contributed by atoms with E-state index in [0.29, 0.717) is 0 Å². The lowest BCUT2D eigenvalue weighted by Crippen LogP contribution is -1.89. The van der Waals surface area contributed by atoms with Crippen molar-refractivity contribution in [1.82, 2.24) is 0 Å². The van der Waals surface area contributed by atoms with Gasteiger partial charge in [0.2, 0.25) is 0 Å². The topological polar surface area (TPSA) is 0 Å². The van der Waals surface area contributed by atoms with E-state index in [1.54, 1.807) is 0 Å². The second-order valence-corrected chi connectivity index (χ2v) is 4.84. The van der Waals surface area contributed by atoms with Gasteiger partial charge in [-0.25, -0.2) is 0 Å². The van der Waals surface area contributed by atoms with Gasteiger partial charge in [-0.2, -0.15) is 0 Å². The molecule has 0 radical (unpaired) electrons. The van der Waals surface area contributed by atoms with E-state index in [0.717, 1.165) is 26.8 Å². The second-order valence-electron chi connectivity index (χ2n) is 2.51. The number of benzene rings is 1. The first-order chi connectivity index (χ1) is 5.75. The summed E-state index contributed by atoms with van der Waals surface area (Å²) in [5.74, 6) is 0. The van der Waals surface area contributed by atoms with Gasteiger partial charge in [-0.1, -0.05) is 39.7 Å². The molecule has 0 aliphatic heterocycles. The zero-order valence-corrected chi connectivity index (χ0v) is 11.0. The van der Waals surface area contributed by atoms with Crippen LogP contribution in [0.3, 0.4) is 0 Å². The maximum Gasteiger partial charge on any atom is 0.0571 e. The Labute approximate surface area is 100.0 Å². The molecular weight excluding hydrogens is 350 g/mol. The fourth-order valence-corrected chi connectivity index (χ4v) is 2.05. The fraction of sp³-hybridized carbons (Fsp3) is 0.333. The summed E-state index contributed by atoms with van der Waals surface area (Å²) in [4.78, 5) is 0. The highest BCUT2D eigenvalue weighted by Gasteiger charge is 2.02. The van der Waals surface area contributed by atoms with E-state index in [4.69, 9.17) is 11.6 Å². The first kappa shape index (κ1) is 10.8. The molecular formula is C9H9BrClI. The number of hydrogen-bond donors (Lipinski definition) is 0. The van der Waals surface area contributed by atoms with Crippen LogP contribution in [0.1, 0.15) is 12.0 Å². The zero-order chi connectivity index (χ0) is 8.97. The molecule has 1 aromatic carbocycles. The number of halogens is 3. The van der Waals surface area contributed by atoms with Crippen molar-refractivity contribution >= 4 is 50.1 Å². The van der Waals surface area contributed by atoms with E-state index in [9.17, 15) is 0 Å². The molecule has 0 aliphatic rings. The Balaban J connectivity index is 2.78. The molecule has 12 heavy (non-hydrogen) atoms. The normalized spacial score (nSPS) is 10.2. The molecule has 0 atom stereocenters. The molecule has 3 heteroatoms. The van der Waals surface area contributed by atoms with Gasteiger partial charge in [-0.15, -0.1) is 0 Å². The van der Waals surface area contributed by atoms with Crippen molar-refractivity contribution in [2.45, 2.75) is 12.8 Å². The van der Waals surface area contributed by atoms with E-state index in [1.807, 2.05) is 6.07 Å². The summed E-state index contributed by atoms with van der Waals surface area (Å²) in [5, 5.41) is 1.95. The number of rotatable bonds is 3. The van der Waals surface area contributed by atoms with Gasteiger partial charge >= 0.3 is 0 Å². The van der Waals surface area contributed by atoms with Gasteiger partial charge in [0.05, 0.1) is 5.02 Å². The van der Waals surface area contributed by atoms with Crippen molar-refractivity contribution in [3.8, 4) is 0 Å². The quantitative estimate of drug-likeness (QED) is 0.558. The van der Waals surface area contributed by atoms with Crippen LogP contribution in [-0.2, 0) is 6.42 Å².